The Bertz CT molecular complexity index is 171. The average molecular weight is 182 g/mol. The quantitative estimate of drug-likeness (QED) is 0.700. The monoisotopic (exact) mass is 182 g/mol. The van der Waals surface area contributed by atoms with E-state index in [1.54, 1.807) is 0 Å². The van der Waals surface area contributed by atoms with Crippen molar-refractivity contribution in [3.05, 3.63) is 0 Å². The summed E-state index contributed by atoms with van der Waals surface area (Å²) in [5, 5.41) is 0. The lowest BCUT2D eigenvalue weighted by Crippen LogP contribution is -2.40. The summed E-state index contributed by atoms with van der Waals surface area (Å²) < 4.78 is 0. The molecule has 2 nitrogen and oxygen atoms in total. The van der Waals surface area contributed by atoms with Crippen molar-refractivity contribution < 1.29 is 0 Å². The highest BCUT2D eigenvalue weighted by Gasteiger charge is 2.43. The molecule has 2 N–H and O–H groups in total. The van der Waals surface area contributed by atoms with E-state index in [4.69, 9.17) is 5.73 Å². The second-order valence-electron chi connectivity index (χ2n) is 5.04. The zero-order valence-corrected chi connectivity index (χ0v) is 8.76. The van der Waals surface area contributed by atoms with E-state index in [2.05, 4.69) is 11.9 Å². The van der Waals surface area contributed by atoms with Crippen LogP contribution in [-0.2, 0) is 0 Å². The summed E-state index contributed by atoms with van der Waals surface area (Å²) in [5.41, 5.74) is 6.27. The van der Waals surface area contributed by atoms with Crippen molar-refractivity contribution in [2.45, 2.75) is 44.6 Å². The smallest absolute Gasteiger partial charge is 0.00924 e. The van der Waals surface area contributed by atoms with Gasteiger partial charge in [0.1, 0.15) is 0 Å². The minimum Gasteiger partial charge on any atom is -0.330 e. The molecule has 2 aliphatic carbocycles. The first-order valence-corrected chi connectivity index (χ1v) is 5.66. The van der Waals surface area contributed by atoms with Gasteiger partial charge in [-0.1, -0.05) is 6.42 Å². The highest BCUT2D eigenvalue weighted by molar-refractivity contribution is 4.96. The number of nitrogens with two attached hydrogens (primary N) is 1. The Labute approximate surface area is 81.5 Å². The predicted octanol–water partition coefficient (Wildman–Crippen LogP) is 1.60. The van der Waals surface area contributed by atoms with E-state index in [0.29, 0.717) is 5.41 Å². The van der Waals surface area contributed by atoms with E-state index < -0.39 is 0 Å². The Morgan fingerprint density at radius 3 is 2.46 bits per heavy atom. The van der Waals surface area contributed by atoms with E-state index in [1.807, 2.05) is 0 Å². The molecule has 0 aromatic heterocycles. The summed E-state index contributed by atoms with van der Waals surface area (Å²) in [6.07, 6.45) is 8.37. The SMILES string of the molecule is CN(CC1(CCN)CC1)C1CCC1. The van der Waals surface area contributed by atoms with Crippen LogP contribution in [0, 0.1) is 5.41 Å². The number of hydrogen-bond donors (Lipinski definition) is 1. The summed E-state index contributed by atoms with van der Waals surface area (Å²) in [7, 11) is 2.29. The third-order valence-corrected chi connectivity index (χ3v) is 3.91. The van der Waals surface area contributed by atoms with Gasteiger partial charge in [0.15, 0.2) is 0 Å². The largest absolute Gasteiger partial charge is 0.330 e. The van der Waals surface area contributed by atoms with Crippen LogP contribution in [-0.4, -0.2) is 31.1 Å². The van der Waals surface area contributed by atoms with Gasteiger partial charge in [0, 0.05) is 12.6 Å². The average Bonchev–Trinajstić information content (AvgIpc) is 2.65. The van der Waals surface area contributed by atoms with Crippen LogP contribution in [0.2, 0.25) is 0 Å². The van der Waals surface area contributed by atoms with Crippen LogP contribution in [0.4, 0.5) is 0 Å². The molecule has 13 heavy (non-hydrogen) atoms. The van der Waals surface area contributed by atoms with Gasteiger partial charge < -0.3 is 10.6 Å². The summed E-state index contributed by atoms with van der Waals surface area (Å²) in [6.45, 7) is 2.17. The molecule has 0 aromatic rings. The lowest BCUT2D eigenvalue weighted by Gasteiger charge is -2.37. The van der Waals surface area contributed by atoms with Gasteiger partial charge in [-0.25, -0.2) is 0 Å². The van der Waals surface area contributed by atoms with Crippen LogP contribution in [0.5, 0.6) is 0 Å². The van der Waals surface area contributed by atoms with Crippen molar-refractivity contribution in [2.24, 2.45) is 11.1 Å². The predicted molar refractivity (Wildman–Crippen MR) is 55.6 cm³/mol. The Balaban J connectivity index is 1.76. The highest BCUT2D eigenvalue weighted by atomic mass is 15.1. The topological polar surface area (TPSA) is 29.3 Å². The van der Waals surface area contributed by atoms with Gasteiger partial charge in [0.05, 0.1) is 0 Å². The zero-order valence-electron chi connectivity index (χ0n) is 8.76. The summed E-state index contributed by atoms with van der Waals surface area (Å²) in [5.74, 6) is 0. The Hall–Kier alpha value is -0.0800. The first-order valence-electron chi connectivity index (χ1n) is 5.66. The maximum absolute atomic E-state index is 5.63. The second-order valence-corrected chi connectivity index (χ2v) is 5.04. The van der Waals surface area contributed by atoms with Crippen molar-refractivity contribution in [3.8, 4) is 0 Å². The molecule has 0 aliphatic heterocycles. The second kappa shape index (κ2) is 3.58. The van der Waals surface area contributed by atoms with Crippen molar-refractivity contribution in [2.75, 3.05) is 20.1 Å². The molecule has 0 bridgehead atoms. The fourth-order valence-electron chi connectivity index (χ4n) is 2.46. The van der Waals surface area contributed by atoms with E-state index in [1.165, 1.54) is 45.1 Å². The molecule has 0 atom stereocenters. The van der Waals surface area contributed by atoms with Crippen molar-refractivity contribution in [3.63, 3.8) is 0 Å². The fourth-order valence-corrected chi connectivity index (χ4v) is 2.46. The van der Waals surface area contributed by atoms with Gasteiger partial charge in [-0.05, 0) is 51.1 Å². The number of hydrogen-bond acceptors (Lipinski definition) is 2. The van der Waals surface area contributed by atoms with Gasteiger partial charge in [-0.2, -0.15) is 0 Å². The minimum absolute atomic E-state index is 0.638. The molecule has 2 aliphatic rings. The lowest BCUT2D eigenvalue weighted by molar-refractivity contribution is 0.129. The van der Waals surface area contributed by atoms with Crippen LogP contribution in [0.3, 0.4) is 0 Å². The molecule has 0 spiro atoms. The fraction of sp³-hybridized carbons (Fsp3) is 1.00. The van der Waals surface area contributed by atoms with Crippen LogP contribution in [0.25, 0.3) is 0 Å². The summed E-state index contributed by atoms with van der Waals surface area (Å²) in [6, 6.07) is 0.898. The van der Waals surface area contributed by atoms with E-state index in [-0.39, 0.29) is 0 Å². The van der Waals surface area contributed by atoms with Crippen LogP contribution >= 0.6 is 0 Å². The Morgan fingerprint density at radius 1 is 1.38 bits per heavy atom. The van der Waals surface area contributed by atoms with Gasteiger partial charge >= 0.3 is 0 Å². The molecule has 0 aromatic carbocycles. The molecule has 76 valence electrons. The third kappa shape index (κ3) is 2.05. The maximum atomic E-state index is 5.63. The van der Waals surface area contributed by atoms with Crippen LogP contribution < -0.4 is 5.73 Å². The van der Waals surface area contributed by atoms with Crippen molar-refractivity contribution in [1.82, 2.24) is 4.90 Å². The summed E-state index contributed by atoms with van der Waals surface area (Å²) >= 11 is 0. The van der Waals surface area contributed by atoms with Crippen molar-refractivity contribution in [1.29, 1.82) is 0 Å². The minimum atomic E-state index is 0.638. The van der Waals surface area contributed by atoms with Crippen LogP contribution in [0.1, 0.15) is 38.5 Å². The number of nitrogens with zero attached hydrogens (tertiary/aromatic N) is 1. The molecule has 0 saturated heterocycles. The molecule has 0 unspecified atom stereocenters. The third-order valence-electron chi connectivity index (χ3n) is 3.91. The Morgan fingerprint density at radius 2 is 2.08 bits per heavy atom. The van der Waals surface area contributed by atoms with E-state index in [0.717, 1.165) is 12.6 Å². The van der Waals surface area contributed by atoms with Gasteiger partial charge in [-0.15, -0.1) is 0 Å². The zero-order chi connectivity index (χ0) is 9.31. The molecular formula is C11H22N2. The molecule has 2 heteroatoms. The lowest BCUT2D eigenvalue weighted by atomic mass is 9.90. The summed E-state index contributed by atoms with van der Waals surface area (Å²) in [4.78, 5) is 2.58. The van der Waals surface area contributed by atoms with E-state index >= 15 is 0 Å². The van der Waals surface area contributed by atoms with Crippen LogP contribution in [0.15, 0.2) is 0 Å². The normalized spacial score (nSPS) is 26.1. The molecule has 0 heterocycles. The molecule has 2 rings (SSSR count). The Kier molecular flexibility index (Phi) is 2.61. The number of rotatable bonds is 5. The van der Waals surface area contributed by atoms with Gasteiger partial charge in [0.2, 0.25) is 0 Å². The van der Waals surface area contributed by atoms with Crippen molar-refractivity contribution >= 4 is 0 Å². The van der Waals surface area contributed by atoms with Gasteiger partial charge in [0.25, 0.3) is 0 Å². The van der Waals surface area contributed by atoms with Gasteiger partial charge in [-0.3, -0.25) is 0 Å². The molecule has 2 fully saturated rings. The first-order chi connectivity index (χ1) is 6.26. The standard InChI is InChI=1S/C11H22N2/c1-13(10-3-2-4-10)9-11(5-6-11)7-8-12/h10H,2-9,12H2,1H3. The molecular weight excluding hydrogens is 160 g/mol. The first kappa shape index (κ1) is 9.47. The maximum Gasteiger partial charge on any atom is 0.00924 e. The highest BCUT2D eigenvalue weighted by Crippen LogP contribution is 2.49. The molecule has 2 saturated carbocycles. The molecule has 0 amide bonds. The molecule has 0 radical (unpaired) electrons. The van der Waals surface area contributed by atoms with E-state index in [9.17, 15) is 0 Å².